The summed E-state index contributed by atoms with van der Waals surface area (Å²) in [5.74, 6) is 0. The number of rotatable bonds is 8. The van der Waals surface area contributed by atoms with Crippen molar-refractivity contribution in [3.05, 3.63) is 0 Å². The van der Waals surface area contributed by atoms with Crippen LogP contribution < -0.4 is 14.7 Å². The molecule has 0 fully saturated rings. The van der Waals surface area contributed by atoms with Gasteiger partial charge in [-0.15, -0.1) is 24.1 Å². The molecule has 0 aliphatic heterocycles. The Morgan fingerprint density at radius 2 is 0.861 bits per heavy atom. The van der Waals surface area contributed by atoms with E-state index in [-0.39, 0.29) is 48.0 Å². The fourth-order valence-electron chi connectivity index (χ4n) is 1.07. The second-order valence-corrected chi connectivity index (χ2v) is 15.4. The summed E-state index contributed by atoms with van der Waals surface area (Å²) in [5, 5.41) is 0. The largest absolute Gasteiger partial charge is 0.812 e. The van der Waals surface area contributed by atoms with Crippen molar-refractivity contribution >= 4 is 63.9 Å². The molecule has 0 saturated carbocycles. The highest BCUT2D eigenvalue weighted by atomic mass is 32.7. The summed E-state index contributed by atoms with van der Waals surface area (Å²) in [5.41, 5.74) is 0. The van der Waals surface area contributed by atoms with Gasteiger partial charge in [-0.05, 0) is 67.2 Å². The van der Waals surface area contributed by atoms with Crippen LogP contribution in [-0.4, -0.2) is 44.0 Å². The second-order valence-electron chi connectivity index (χ2n) is 6.51. The molecule has 36 heavy (non-hydrogen) atoms. The maximum Gasteiger partial charge on any atom is 0.469 e. The van der Waals surface area contributed by atoms with Crippen LogP contribution >= 0.6 is 40.3 Å². The van der Waals surface area contributed by atoms with E-state index < -0.39 is 34.2 Å². The second kappa shape index (κ2) is 26.9. The fraction of sp³-hybridized carbons (Fsp3) is 1.00. The van der Waals surface area contributed by atoms with E-state index in [2.05, 4.69) is 54.0 Å². The van der Waals surface area contributed by atoms with Crippen molar-refractivity contribution in [1.29, 1.82) is 0 Å². The van der Waals surface area contributed by atoms with E-state index in [0.717, 1.165) is 0 Å². The molecular formula is C16H49O13P4S3-3. The first-order valence-electron chi connectivity index (χ1n) is 8.57. The Hall–Kier alpha value is 1.67. The maximum absolute atomic E-state index is 10.1. The zero-order chi connectivity index (χ0) is 27.1. The quantitative estimate of drug-likeness (QED) is 0.183. The molecule has 232 valence electrons. The predicted octanol–water partition coefficient (Wildman–Crippen LogP) is 3.84. The van der Waals surface area contributed by atoms with Crippen LogP contribution in [0, 0.1) is 0 Å². The lowest BCUT2D eigenvalue weighted by atomic mass is 10.5. The van der Waals surface area contributed by atoms with E-state index >= 15 is 0 Å². The Morgan fingerprint density at radius 1 is 0.611 bits per heavy atom. The topological polar surface area (TPSA) is 221 Å². The molecule has 0 aromatic rings. The molecular weight excluding hydrogens is 620 g/mol. The molecule has 0 heterocycles. The molecule has 0 aliphatic carbocycles. The molecule has 0 saturated heterocycles. The first-order valence-corrected chi connectivity index (χ1v) is 18.0. The standard InChI is InChI=1S/C3H9O4P.3C3H9O3PS.4CH4/c1-3(2)7-8(4,5)6;3*1-3(2)6-7(4,5)8;;;;/h3H,1-2H3,(H2,4,5,6);3*3H,1-2H3,(H2,4,5,8);4*1H4/p-3. The van der Waals surface area contributed by atoms with Gasteiger partial charge >= 0.3 is 14.5 Å². The van der Waals surface area contributed by atoms with E-state index in [0.29, 0.717) is 0 Å². The number of thiol groups is 1. The van der Waals surface area contributed by atoms with Crippen LogP contribution in [0.15, 0.2) is 0 Å². The third-order valence-corrected chi connectivity index (χ3v) is 4.94. The highest BCUT2D eigenvalue weighted by Gasteiger charge is 2.14. The third-order valence-electron chi connectivity index (χ3n) is 1.38. The molecule has 0 bridgehead atoms. The Kier molecular flexibility index (Phi) is 42.9. The highest BCUT2D eigenvalue weighted by molar-refractivity contribution is 8.43. The zero-order valence-corrected chi connectivity index (χ0v) is 24.9. The van der Waals surface area contributed by atoms with Crippen molar-refractivity contribution in [2.24, 2.45) is 0 Å². The van der Waals surface area contributed by atoms with Crippen molar-refractivity contribution in [2.45, 2.75) is 110 Å². The van der Waals surface area contributed by atoms with Crippen molar-refractivity contribution in [3.8, 4) is 0 Å². The van der Waals surface area contributed by atoms with Crippen LogP contribution in [0.5, 0.6) is 0 Å². The summed E-state index contributed by atoms with van der Waals surface area (Å²) in [7, 11) is -4.22. The van der Waals surface area contributed by atoms with E-state index in [9.17, 15) is 23.8 Å². The van der Waals surface area contributed by atoms with Gasteiger partial charge < -0.3 is 47.8 Å². The molecule has 0 spiro atoms. The van der Waals surface area contributed by atoms with Gasteiger partial charge in [-0.25, -0.2) is 4.57 Å². The van der Waals surface area contributed by atoms with Crippen LogP contribution in [-0.2, 0) is 50.8 Å². The van der Waals surface area contributed by atoms with Gasteiger partial charge in [0.15, 0.2) is 6.80 Å². The first-order chi connectivity index (χ1) is 13.7. The number of hydrogen-bond donors (Lipinski definition) is 5. The van der Waals surface area contributed by atoms with Crippen LogP contribution in [0.4, 0.5) is 0 Å². The molecule has 20 heteroatoms. The number of hydrogen-bond acceptors (Lipinski definition) is 11. The van der Waals surface area contributed by atoms with Crippen molar-refractivity contribution in [3.63, 3.8) is 0 Å². The van der Waals surface area contributed by atoms with Crippen LogP contribution in [0.3, 0.4) is 0 Å². The molecule has 4 N–H and O–H groups in total. The monoisotopic (exact) mass is 669 g/mol. The van der Waals surface area contributed by atoms with E-state index in [1.807, 2.05) is 0 Å². The predicted molar refractivity (Wildman–Crippen MR) is 153 cm³/mol. The average Bonchev–Trinajstić information content (AvgIpc) is 2.26. The molecule has 13 nitrogen and oxygen atoms in total. The molecule has 0 amide bonds. The van der Waals surface area contributed by atoms with Crippen molar-refractivity contribution in [2.75, 3.05) is 0 Å². The summed E-state index contributed by atoms with van der Waals surface area (Å²) in [6, 6.07) is 0. The van der Waals surface area contributed by atoms with Gasteiger partial charge in [-0.2, -0.15) is 0 Å². The number of phosphoric ester groups is 1. The van der Waals surface area contributed by atoms with Gasteiger partial charge in [0, 0.05) is 0 Å². The van der Waals surface area contributed by atoms with Gasteiger partial charge in [-0.1, -0.05) is 36.4 Å². The van der Waals surface area contributed by atoms with Gasteiger partial charge in [0.25, 0.3) is 0 Å². The Morgan fingerprint density at radius 3 is 0.861 bits per heavy atom. The average molecular weight is 670 g/mol. The Bertz CT molecular complexity index is 544. The SMILES string of the molecule is C.C.C.C.CC(C)OP(=O)(O)O.CC(C)OP(=O)([O-])S.CC(C)OP(O)(O)=S.CC(C)OP([O-])([O-])=S. The van der Waals surface area contributed by atoms with Gasteiger partial charge in [-0.3, -0.25) is 9.09 Å². The summed E-state index contributed by atoms with van der Waals surface area (Å²) in [6.07, 6.45) is -1.28. The van der Waals surface area contributed by atoms with Gasteiger partial charge in [0.2, 0.25) is 0 Å². The maximum atomic E-state index is 10.1. The van der Waals surface area contributed by atoms with Crippen LogP contribution in [0.25, 0.3) is 0 Å². The summed E-state index contributed by atoms with van der Waals surface area (Å²) >= 11 is 11.3. The highest BCUT2D eigenvalue weighted by Crippen LogP contribution is 2.42. The van der Waals surface area contributed by atoms with Gasteiger partial charge in [0.1, 0.15) is 0 Å². The summed E-state index contributed by atoms with van der Waals surface area (Å²) in [6.45, 7) is 1.90. The molecule has 0 rings (SSSR count). The van der Waals surface area contributed by atoms with E-state index in [4.69, 9.17) is 19.6 Å². The van der Waals surface area contributed by atoms with Crippen LogP contribution in [0.1, 0.15) is 85.1 Å². The minimum atomic E-state index is -4.22. The van der Waals surface area contributed by atoms with E-state index in [1.54, 1.807) is 55.4 Å². The first kappa shape index (κ1) is 57.5. The molecule has 0 aromatic heterocycles. The summed E-state index contributed by atoms with van der Waals surface area (Å²) in [4.78, 5) is 63.3. The Labute approximate surface area is 234 Å². The molecule has 1 atom stereocenters. The lowest BCUT2D eigenvalue weighted by molar-refractivity contribution is -0.323. The zero-order valence-electron chi connectivity index (χ0n) is 18.8. The lowest BCUT2D eigenvalue weighted by Gasteiger charge is -2.35. The van der Waals surface area contributed by atoms with E-state index in [1.165, 1.54) is 0 Å². The third kappa shape index (κ3) is 91.3. The van der Waals surface area contributed by atoms with Crippen molar-refractivity contribution < 1.29 is 61.5 Å². The molecule has 1 unspecified atom stereocenters. The Balaban J connectivity index is -0.0000000467. The lowest BCUT2D eigenvalue weighted by Crippen LogP contribution is -2.18. The van der Waals surface area contributed by atoms with Crippen LogP contribution in [0.2, 0.25) is 0 Å². The molecule has 0 radical (unpaired) electrons. The minimum Gasteiger partial charge on any atom is -0.812 e. The molecule has 0 aliphatic rings. The minimum absolute atomic E-state index is 0. The fourth-order valence-corrected chi connectivity index (χ4v) is 4.82. The van der Waals surface area contributed by atoms with Crippen molar-refractivity contribution in [1.82, 2.24) is 0 Å². The van der Waals surface area contributed by atoms with Gasteiger partial charge in [0.05, 0.1) is 24.4 Å². The smallest absolute Gasteiger partial charge is 0.469 e. The normalized spacial score (nSPS) is 12.6. The number of phosphoric acid groups is 1. The molecule has 0 aromatic carbocycles. The summed E-state index contributed by atoms with van der Waals surface area (Å²) < 4.78 is 37.2.